The van der Waals surface area contributed by atoms with Crippen molar-refractivity contribution in [3.8, 4) is 0 Å². The van der Waals surface area contributed by atoms with Crippen LogP contribution in [0.3, 0.4) is 0 Å². The van der Waals surface area contributed by atoms with Gasteiger partial charge in [0, 0.05) is 6.92 Å². The Balaban J connectivity index is 1.74. The van der Waals surface area contributed by atoms with Crippen LogP contribution in [0.2, 0.25) is 0 Å². The molecule has 3 rings (SSSR count). The Bertz CT molecular complexity index is 369. The largest absolute Gasteiger partial charge is 0.457 e. The number of carbonyl (C=O) groups excluding carboxylic acids is 1. The highest BCUT2D eigenvalue weighted by Crippen LogP contribution is 2.37. The summed E-state index contributed by atoms with van der Waals surface area (Å²) in [6.45, 7) is 5.55. The van der Waals surface area contributed by atoms with Gasteiger partial charge in [-0.25, -0.2) is 0 Å². The molecule has 3 fully saturated rings. The molecule has 0 saturated carbocycles. The number of rotatable bonds is 2. The van der Waals surface area contributed by atoms with Crippen LogP contribution in [0.25, 0.3) is 0 Å². The quantitative estimate of drug-likeness (QED) is 0.664. The number of ether oxygens (including phenoxy) is 6. The average Bonchev–Trinajstić information content (AvgIpc) is 2.94. The lowest BCUT2D eigenvalue weighted by Crippen LogP contribution is -2.43. The van der Waals surface area contributed by atoms with E-state index in [1.807, 2.05) is 13.8 Å². The number of hydrogen-bond donors (Lipinski definition) is 0. The molecule has 0 amide bonds. The summed E-state index contributed by atoms with van der Waals surface area (Å²) in [5.41, 5.74) is 0. The fourth-order valence-electron chi connectivity index (χ4n) is 2.65. The Hall–Kier alpha value is -0.730. The fourth-order valence-corrected chi connectivity index (χ4v) is 2.65. The molecular weight excluding hydrogens is 256 g/mol. The van der Waals surface area contributed by atoms with Gasteiger partial charge in [0.15, 0.2) is 31.1 Å². The zero-order valence-electron chi connectivity index (χ0n) is 11.2. The average molecular weight is 274 g/mol. The second kappa shape index (κ2) is 4.68. The molecule has 19 heavy (non-hydrogen) atoms. The summed E-state index contributed by atoms with van der Waals surface area (Å²) in [7, 11) is 0. The van der Waals surface area contributed by atoms with Crippen molar-refractivity contribution in [1.29, 1.82) is 0 Å². The van der Waals surface area contributed by atoms with Crippen molar-refractivity contribution in [2.24, 2.45) is 0 Å². The van der Waals surface area contributed by atoms with E-state index in [1.54, 1.807) is 0 Å². The van der Waals surface area contributed by atoms with Gasteiger partial charge in [0.2, 0.25) is 0 Å². The van der Waals surface area contributed by atoms with E-state index in [1.165, 1.54) is 6.92 Å². The fraction of sp³-hybridized carbons (Fsp3) is 0.917. The maximum atomic E-state index is 11.2. The molecule has 0 spiro atoms. The smallest absolute Gasteiger partial charge is 0.303 e. The summed E-state index contributed by atoms with van der Waals surface area (Å²) in [6, 6.07) is 0. The van der Waals surface area contributed by atoms with Crippen LogP contribution < -0.4 is 0 Å². The second-order valence-electron chi connectivity index (χ2n) is 5.33. The van der Waals surface area contributed by atoms with E-state index < -0.39 is 30.4 Å². The molecule has 5 atom stereocenters. The third kappa shape index (κ3) is 2.48. The van der Waals surface area contributed by atoms with Crippen molar-refractivity contribution in [2.75, 3.05) is 13.4 Å². The zero-order chi connectivity index (χ0) is 13.6. The molecule has 7 nitrogen and oxygen atoms in total. The van der Waals surface area contributed by atoms with Gasteiger partial charge in [-0.3, -0.25) is 4.79 Å². The van der Waals surface area contributed by atoms with Gasteiger partial charge in [0.1, 0.15) is 12.2 Å². The first-order valence-corrected chi connectivity index (χ1v) is 6.34. The standard InChI is InChI=1S/C12H18O7/c1-6(13)17-9-8(7-4-16-12(2,3)19-7)18-11-10(9)14-5-15-11/h7-11H,4-5H2,1-3H3/t7?,8?,9-,10-,11+/m1/s1. The maximum Gasteiger partial charge on any atom is 0.303 e. The molecular formula is C12H18O7. The van der Waals surface area contributed by atoms with Crippen LogP contribution >= 0.6 is 0 Å². The Morgan fingerprint density at radius 2 is 2.05 bits per heavy atom. The predicted octanol–water partition coefficient (Wildman–Crippen LogP) is 0.167. The van der Waals surface area contributed by atoms with E-state index in [0.29, 0.717) is 6.61 Å². The Morgan fingerprint density at radius 3 is 2.68 bits per heavy atom. The van der Waals surface area contributed by atoms with E-state index in [-0.39, 0.29) is 18.9 Å². The number of hydrogen-bond acceptors (Lipinski definition) is 7. The van der Waals surface area contributed by atoms with E-state index in [9.17, 15) is 4.79 Å². The minimum absolute atomic E-state index is 0.146. The molecule has 0 N–H and O–H groups in total. The van der Waals surface area contributed by atoms with Crippen molar-refractivity contribution in [1.82, 2.24) is 0 Å². The lowest BCUT2D eigenvalue weighted by Gasteiger charge is -2.25. The summed E-state index contributed by atoms with van der Waals surface area (Å²) in [6.07, 6.45) is -2.20. The van der Waals surface area contributed by atoms with Crippen LogP contribution in [0.5, 0.6) is 0 Å². The Labute approximate surface area is 111 Å². The Morgan fingerprint density at radius 1 is 1.26 bits per heavy atom. The van der Waals surface area contributed by atoms with Gasteiger partial charge in [-0.15, -0.1) is 0 Å². The highest BCUT2D eigenvalue weighted by atomic mass is 16.8. The SMILES string of the molecule is CC(=O)O[C@@H]1C(C2COC(C)(C)O2)O[C@@H]2OCO[C@@H]21. The molecule has 0 aromatic carbocycles. The van der Waals surface area contributed by atoms with Crippen molar-refractivity contribution in [3.63, 3.8) is 0 Å². The van der Waals surface area contributed by atoms with Crippen molar-refractivity contribution < 1.29 is 33.2 Å². The first-order chi connectivity index (χ1) is 8.96. The minimum atomic E-state index is -0.659. The second-order valence-corrected chi connectivity index (χ2v) is 5.33. The third-order valence-corrected chi connectivity index (χ3v) is 3.40. The highest BCUT2D eigenvalue weighted by molar-refractivity contribution is 5.66. The first kappa shape index (κ1) is 13.3. The normalized spacial score (nSPS) is 44.3. The molecule has 108 valence electrons. The topological polar surface area (TPSA) is 72.5 Å². The molecule has 0 aliphatic carbocycles. The molecule has 3 heterocycles. The van der Waals surface area contributed by atoms with Gasteiger partial charge in [-0.2, -0.15) is 0 Å². The number of carbonyl (C=O) groups is 1. The molecule has 7 heteroatoms. The summed E-state index contributed by atoms with van der Waals surface area (Å²) in [5.74, 6) is -1.04. The third-order valence-electron chi connectivity index (χ3n) is 3.40. The highest BCUT2D eigenvalue weighted by Gasteiger charge is 2.56. The van der Waals surface area contributed by atoms with Crippen molar-refractivity contribution in [2.45, 2.75) is 57.3 Å². The molecule has 0 bridgehead atoms. The molecule has 0 aromatic heterocycles. The van der Waals surface area contributed by atoms with Crippen LogP contribution in [0.1, 0.15) is 20.8 Å². The molecule has 2 unspecified atom stereocenters. The molecule has 0 radical (unpaired) electrons. The van der Waals surface area contributed by atoms with Crippen LogP contribution in [0.15, 0.2) is 0 Å². The van der Waals surface area contributed by atoms with E-state index >= 15 is 0 Å². The van der Waals surface area contributed by atoms with E-state index in [4.69, 9.17) is 28.4 Å². The van der Waals surface area contributed by atoms with Gasteiger partial charge in [0.05, 0.1) is 6.61 Å². The molecule has 3 saturated heterocycles. The van der Waals surface area contributed by atoms with Gasteiger partial charge >= 0.3 is 5.97 Å². The van der Waals surface area contributed by atoms with Crippen LogP contribution in [0, 0.1) is 0 Å². The van der Waals surface area contributed by atoms with Crippen molar-refractivity contribution in [3.05, 3.63) is 0 Å². The van der Waals surface area contributed by atoms with Crippen LogP contribution in [0.4, 0.5) is 0 Å². The summed E-state index contributed by atoms with van der Waals surface area (Å²) in [5, 5.41) is 0. The lowest BCUT2D eigenvalue weighted by atomic mass is 10.1. The maximum absolute atomic E-state index is 11.2. The summed E-state index contributed by atoms with van der Waals surface area (Å²) >= 11 is 0. The molecule has 0 aromatic rings. The Kier molecular flexibility index (Phi) is 3.26. The van der Waals surface area contributed by atoms with Crippen molar-refractivity contribution >= 4 is 5.97 Å². The van der Waals surface area contributed by atoms with E-state index in [2.05, 4.69) is 0 Å². The first-order valence-electron chi connectivity index (χ1n) is 6.34. The van der Waals surface area contributed by atoms with Gasteiger partial charge in [-0.1, -0.05) is 0 Å². The van der Waals surface area contributed by atoms with Gasteiger partial charge in [0.25, 0.3) is 0 Å². The summed E-state index contributed by atoms with van der Waals surface area (Å²) in [4.78, 5) is 11.2. The van der Waals surface area contributed by atoms with E-state index in [0.717, 1.165) is 0 Å². The van der Waals surface area contributed by atoms with Crippen LogP contribution in [-0.2, 0) is 33.2 Å². The molecule has 3 aliphatic rings. The van der Waals surface area contributed by atoms with Crippen LogP contribution in [-0.4, -0.2) is 55.9 Å². The molecule has 3 aliphatic heterocycles. The number of fused-ring (bicyclic) bond motifs is 1. The van der Waals surface area contributed by atoms with Gasteiger partial charge < -0.3 is 28.4 Å². The number of esters is 1. The van der Waals surface area contributed by atoms with Gasteiger partial charge in [-0.05, 0) is 13.8 Å². The predicted molar refractivity (Wildman–Crippen MR) is 59.9 cm³/mol. The summed E-state index contributed by atoms with van der Waals surface area (Å²) < 4.78 is 33.0. The minimum Gasteiger partial charge on any atom is -0.457 e. The zero-order valence-corrected chi connectivity index (χ0v) is 11.2. The monoisotopic (exact) mass is 274 g/mol. The lowest BCUT2D eigenvalue weighted by molar-refractivity contribution is -0.191.